The summed E-state index contributed by atoms with van der Waals surface area (Å²) >= 11 is 0. The number of hydrogen-bond donors (Lipinski definition) is 5. The number of amides is 1. The van der Waals surface area contributed by atoms with Crippen LogP contribution in [0.1, 0.15) is 36.1 Å². The first-order valence-electron chi connectivity index (χ1n) is 21.9. The van der Waals surface area contributed by atoms with Crippen LogP contribution in [0.4, 0.5) is 0 Å². The monoisotopic (exact) mass is 903 g/mol. The molecule has 5 N–H and O–H groups in total. The van der Waals surface area contributed by atoms with E-state index in [0.29, 0.717) is 0 Å². The van der Waals surface area contributed by atoms with Gasteiger partial charge in [0.1, 0.15) is 67.1 Å². The van der Waals surface area contributed by atoms with Crippen molar-refractivity contribution in [3.8, 4) is 0 Å². The lowest BCUT2D eigenvalue weighted by Gasteiger charge is -2.51. The fourth-order valence-electron chi connectivity index (χ4n) is 8.29. The third kappa shape index (κ3) is 12.8. The molecule has 16 heteroatoms. The lowest BCUT2D eigenvalue weighted by atomic mass is 9.94. The molecule has 352 valence electrons. The maximum absolute atomic E-state index is 12.9. The van der Waals surface area contributed by atoms with Crippen molar-refractivity contribution in [1.29, 1.82) is 0 Å². The topological polar surface area (TPSA) is 202 Å². The SMILES string of the molecule is COC1O[C@H](COCc2ccccc2)[C@@H](O[C@@H]2O[C@@H](C)[C@@H](OCc3ccccc3)[C@@H](OCc3ccccc3)[C@@H]2OCc2ccccc2)[C@H](O[C@@H]2O[C@H](CO)[C@H](O)[C@H](O)[C@H]2O)[C@H]1NC(C)=O. The Morgan fingerprint density at radius 2 is 1.03 bits per heavy atom. The van der Waals surface area contributed by atoms with Gasteiger partial charge in [0.15, 0.2) is 18.9 Å². The zero-order chi connectivity index (χ0) is 45.7. The highest BCUT2D eigenvalue weighted by Gasteiger charge is 2.55. The van der Waals surface area contributed by atoms with E-state index in [1.165, 1.54) is 14.0 Å². The Hall–Kier alpha value is -4.21. The van der Waals surface area contributed by atoms with Crippen LogP contribution in [-0.4, -0.2) is 139 Å². The number of nitrogens with one attached hydrogen (secondary N) is 1. The van der Waals surface area contributed by atoms with E-state index < -0.39 is 105 Å². The van der Waals surface area contributed by atoms with E-state index in [1.54, 1.807) is 0 Å². The summed E-state index contributed by atoms with van der Waals surface area (Å²) in [5, 5.41) is 45.7. The average Bonchev–Trinajstić information content (AvgIpc) is 3.32. The average molecular weight is 904 g/mol. The number of hydrogen-bond acceptors (Lipinski definition) is 15. The van der Waals surface area contributed by atoms with Gasteiger partial charge >= 0.3 is 0 Å². The lowest BCUT2D eigenvalue weighted by molar-refractivity contribution is -0.378. The first-order valence-corrected chi connectivity index (χ1v) is 21.9. The number of aliphatic hydroxyl groups is 4. The maximum atomic E-state index is 12.9. The molecule has 3 heterocycles. The third-order valence-corrected chi connectivity index (χ3v) is 11.7. The number of aliphatic hydroxyl groups excluding tert-OH is 4. The van der Waals surface area contributed by atoms with Crippen LogP contribution in [0, 0.1) is 0 Å². The van der Waals surface area contributed by atoms with Crippen molar-refractivity contribution in [2.45, 2.75) is 132 Å². The van der Waals surface area contributed by atoms with Crippen LogP contribution < -0.4 is 5.32 Å². The molecule has 0 radical (unpaired) electrons. The van der Waals surface area contributed by atoms with Crippen molar-refractivity contribution in [1.82, 2.24) is 5.32 Å². The number of rotatable bonds is 20. The Labute approximate surface area is 379 Å². The minimum Gasteiger partial charge on any atom is -0.394 e. The normalized spacial score (nSPS) is 32.8. The minimum absolute atomic E-state index is 0.0880. The minimum atomic E-state index is -1.80. The van der Waals surface area contributed by atoms with Crippen LogP contribution in [0.2, 0.25) is 0 Å². The highest BCUT2D eigenvalue weighted by atomic mass is 16.8. The number of ether oxygens (including phenoxy) is 10. The van der Waals surface area contributed by atoms with Crippen molar-refractivity contribution < 1.29 is 72.6 Å². The van der Waals surface area contributed by atoms with E-state index >= 15 is 0 Å². The number of methoxy groups -OCH3 is 1. The predicted molar refractivity (Wildman–Crippen MR) is 232 cm³/mol. The summed E-state index contributed by atoms with van der Waals surface area (Å²) in [6, 6.07) is 37.5. The number of benzene rings is 4. The molecule has 3 fully saturated rings. The van der Waals surface area contributed by atoms with Crippen molar-refractivity contribution in [2.24, 2.45) is 0 Å². The summed E-state index contributed by atoms with van der Waals surface area (Å²) < 4.78 is 65.2. The Balaban J connectivity index is 1.27. The molecule has 15 atom stereocenters. The second kappa shape index (κ2) is 24.0. The molecule has 0 saturated carbocycles. The molecule has 4 aromatic rings. The Morgan fingerprint density at radius 3 is 1.54 bits per heavy atom. The second-order valence-corrected chi connectivity index (χ2v) is 16.4. The fraction of sp³-hybridized carbons (Fsp3) is 0.490. The quantitative estimate of drug-likeness (QED) is 0.0866. The molecule has 1 amide bonds. The highest BCUT2D eigenvalue weighted by molar-refractivity contribution is 5.73. The van der Waals surface area contributed by atoms with Crippen molar-refractivity contribution in [2.75, 3.05) is 20.3 Å². The fourth-order valence-corrected chi connectivity index (χ4v) is 8.29. The summed E-state index contributed by atoms with van der Waals surface area (Å²) in [6.45, 7) is 3.18. The molecule has 65 heavy (non-hydrogen) atoms. The van der Waals surface area contributed by atoms with Gasteiger partial charge in [-0.15, -0.1) is 0 Å². The van der Waals surface area contributed by atoms with Crippen LogP contribution >= 0.6 is 0 Å². The van der Waals surface area contributed by atoms with Gasteiger partial charge in [0.2, 0.25) is 5.91 Å². The molecule has 16 nitrogen and oxygen atoms in total. The van der Waals surface area contributed by atoms with E-state index in [1.807, 2.05) is 128 Å². The maximum Gasteiger partial charge on any atom is 0.217 e. The zero-order valence-corrected chi connectivity index (χ0v) is 36.7. The zero-order valence-electron chi connectivity index (χ0n) is 36.7. The number of carbonyl (C=O) groups excluding carboxylic acids is 1. The van der Waals surface area contributed by atoms with Crippen LogP contribution in [0.5, 0.6) is 0 Å². The van der Waals surface area contributed by atoms with Crippen LogP contribution in [0.25, 0.3) is 0 Å². The molecule has 0 bridgehead atoms. The van der Waals surface area contributed by atoms with Crippen LogP contribution in [0.3, 0.4) is 0 Å². The molecule has 0 spiro atoms. The van der Waals surface area contributed by atoms with Crippen molar-refractivity contribution >= 4 is 5.91 Å². The van der Waals surface area contributed by atoms with Crippen LogP contribution in [0.15, 0.2) is 121 Å². The van der Waals surface area contributed by atoms with E-state index in [9.17, 15) is 25.2 Å². The molecular weight excluding hydrogens is 843 g/mol. The van der Waals surface area contributed by atoms with Crippen LogP contribution in [-0.2, 0) is 78.6 Å². The summed E-state index contributed by atoms with van der Waals surface area (Å²) in [5.74, 6) is -0.472. The van der Waals surface area contributed by atoms with Crippen molar-refractivity contribution in [3.05, 3.63) is 144 Å². The predicted octanol–water partition coefficient (Wildman–Crippen LogP) is 3.15. The van der Waals surface area contributed by atoms with Gasteiger partial charge in [0.25, 0.3) is 0 Å². The van der Waals surface area contributed by atoms with E-state index in [4.69, 9.17) is 47.4 Å². The van der Waals surface area contributed by atoms with Gasteiger partial charge in [0, 0.05) is 14.0 Å². The Bertz CT molecular complexity index is 1980. The molecule has 3 saturated heterocycles. The Morgan fingerprint density at radius 1 is 0.554 bits per heavy atom. The third-order valence-electron chi connectivity index (χ3n) is 11.7. The van der Waals surface area contributed by atoms with Gasteiger partial charge in [-0.1, -0.05) is 121 Å². The van der Waals surface area contributed by atoms with E-state index in [0.717, 1.165) is 22.3 Å². The largest absolute Gasteiger partial charge is 0.394 e. The van der Waals surface area contributed by atoms with Gasteiger partial charge in [-0.3, -0.25) is 4.79 Å². The number of carbonyl (C=O) groups is 1. The molecule has 0 aliphatic carbocycles. The molecule has 7 rings (SSSR count). The summed E-state index contributed by atoms with van der Waals surface area (Å²) in [6.07, 6.45) is -17.2. The summed E-state index contributed by atoms with van der Waals surface area (Å²) in [5.41, 5.74) is 3.64. The first kappa shape index (κ1) is 48.7. The molecule has 3 aliphatic rings. The van der Waals surface area contributed by atoms with Gasteiger partial charge in [-0.2, -0.15) is 0 Å². The van der Waals surface area contributed by atoms with E-state index in [-0.39, 0.29) is 33.0 Å². The van der Waals surface area contributed by atoms with Gasteiger partial charge in [-0.25, -0.2) is 0 Å². The smallest absolute Gasteiger partial charge is 0.217 e. The molecule has 4 aromatic carbocycles. The molecule has 3 aliphatic heterocycles. The first-order chi connectivity index (χ1) is 31.6. The second-order valence-electron chi connectivity index (χ2n) is 16.4. The standard InChI is InChI=1S/C49H61NO15/c1-30-42(58-26-33-18-10-5-11-19-33)45(59-27-34-20-12-6-13-21-34)46(60-28-35-22-14-7-15-23-35)49(61-30)64-43-37(29-57-25-32-16-8-4-9-17-32)63-47(56-3)38(50-31(2)52)44(43)65-48-41(55)40(54)39(53)36(24-51)62-48/h4-23,30,36-49,51,53-55H,24-29H2,1-3H3,(H,50,52)/t30-,36+,37+,38+,39-,40-,41+,42+,43+,44+,45+,46-,47?,48-,49-/m0/s1. The Kier molecular flexibility index (Phi) is 18.0. The molecule has 1 unspecified atom stereocenters. The van der Waals surface area contributed by atoms with Crippen molar-refractivity contribution in [3.63, 3.8) is 0 Å². The molecular formula is C49H61NO15. The highest BCUT2D eigenvalue weighted by Crippen LogP contribution is 2.37. The lowest BCUT2D eigenvalue weighted by Crippen LogP contribution is -2.70. The van der Waals surface area contributed by atoms with Gasteiger partial charge in [-0.05, 0) is 29.2 Å². The van der Waals surface area contributed by atoms with E-state index in [2.05, 4.69) is 5.32 Å². The molecule has 0 aromatic heterocycles. The summed E-state index contributed by atoms with van der Waals surface area (Å²) in [7, 11) is 1.40. The summed E-state index contributed by atoms with van der Waals surface area (Å²) in [4.78, 5) is 12.9. The van der Waals surface area contributed by atoms with Gasteiger partial charge in [0.05, 0.1) is 45.7 Å². The van der Waals surface area contributed by atoms with Gasteiger partial charge < -0.3 is 73.1 Å².